The van der Waals surface area contributed by atoms with E-state index in [2.05, 4.69) is 129 Å². The third kappa shape index (κ3) is 46.8. The van der Waals surface area contributed by atoms with E-state index in [1.54, 1.807) is 0 Å². The van der Waals surface area contributed by atoms with Crippen molar-refractivity contribution < 1.29 is 24.5 Å². The van der Waals surface area contributed by atoms with Gasteiger partial charge in [0.2, 0.25) is 5.91 Å². The minimum absolute atomic E-state index is 0.0273. The van der Waals surface area contributed by atoms with Crippen molar-refractivity contribution >= 4 is 11.9 Å². The number of carbonyl (C=O) groups excluding carboxylic acids is 2. The van der Waals surface area contributed by atoms with Gasteiger partial charge in [0.15, 0.2) is 0 Å². The molecule has 0 heterocycles. The lowest BCUT2D eigenvalue weighted by atomic mass is 10.0. The zero-order valence-electron chi connectivity index (χ0n) is 42.1. The molecule has 0 saturated heterocycles. The van der Waals surface area contributed by atoms with E-state index in [1.165, 1.54) is 70.6 Å². The van der Waals surface area contributed by atoms with Gasteiger partial charge in [0.05, 0.1) is 25.2 Å². The summed E-state index contributed by atoms with van der Waals surface area (Å²) in [6.45, 7) is 6.21. The van der Waals surface area contributed by atoms with E-state index in [0.717, 1.165) is 103 Å². The van der Waals surface area contributed by atoms with Gasteiger partial charge in [-0.3, -0.25) is 9.59 Å². The Balaban J connectivity index is 4.71. The summed E-state index contributed by atoms with van der Waals surface area (Å²) in [5.41, 5.74) is 0. The molecule has 0 aliphatic heterocycles. The number of carbonyl (C=O) groups is 2. The first-order chi connectivity index (χ1) is 32.0. The van der Waals surface area contributed by atoms with E-state index >= 15 is 0 Å². The number of rotatable bonds is 46. The van der Waals surface area contributed by atoms with Gasteiger partial charge in [0.1, 0.15) is 6.10 Å². The fourth-order valence-corrected chi connectivity index (χ4v) is 7.46. The lowest BCUT2D eigenvalue weighted by molar-refractivity contribution is -0.150. The van der Waals surface area contributed by atoms with Crippen LogP contribution < -0.4 is 5.32 Å². The van der Waals surface area contributed by atoms with E-state index in [-0.39, 0.29) is 31.3 Å². The first-order valence-electron chi connectivity index (χ1n) is 26.6. The minimum Gasteiger partial charge on any atom is -0.462 e. The lowest BCUT2D eigenvalue weighted by Gasteiger charge is -2.24. The molecule has 6 nitrogen and oxygen atoms in total. The monoisotopic (exact) mass is 902 g/mol. The molecule has 0 aromatic rings. The number of ether oxygens (including phenoxy) is 1. The highest BCUT2D eigenvalue weighted by atomic mass is 16.5. The van der Waals surface area contributed by atoms with Crippen LogP contribution in [-0.2, 0) is 14.3 Å². The molecule has 0 spiro atoms. The molecule has 0 aliphatic rings. The van der Waals surface area contributed by atoms with Gasteiger partial charge in [-0.2, -0.15) is 0 Å². The summed E-state index contributed by atoms with van der Waals surface area (Å²) in [5.74, 6) is -0.602. The summed E-state index contributed by atoms with van der Waals surface area (Å²) in [6.07, 6.45) is 70.1. The third-order valence-corrected chi connectivity index (χ3v) is 11.4. The van der Waals surface area contributed by atoms with Crippen LogP contribution in [-0.4, -0.2) is 46.9 Å². The molecule has 0 aromatic carbocycles. The van der Waals surface area contributed by atoms with Crippen molar-refractivity contribution in [3.8, 4) is 0 Å². The Morgan fingerprint density at radius 2 is 0.908 bits per heavy atom. The fraction of sp³-hybridized carbons (Fsp3) is 0.661. The third-order valence-electron chi connectivity index (χ3n) is 11.4. The number of aliphatic hydroxyl groups excluding tert-OH is 2. The Kier molecular flexibility index (Phi) is 48.7. The topological polar surface area (TPSA) is 95.9 Å². The zero-order valence-corrected chi connectivity index (χ0v) is 42.1. The van der Waals surface area contributed by atoms with Gasteiger partial charge in [0.25, 0.3) is 0 Å². The minimum atomic E-state index is -0.813. The van der Waals surface area contributed by atoms with Crippen molar-refractivity contribution in [1.82, 2.24) is 5.32 Å². The van der Waals surface area contributed by atoms with Crippen molar-refractivity contribution in [2.45, 2.75) is 244 Å². The molecular formula is C59H99NO5. The Morgan fingerprint density at radius 1 is 0.477 bits per heavy atom. The molecule has 6 heteroatoms. The Hall–Kier alpha value is -3.48. The molecule has 0 aliphatic carbocycles. The molecule has 3 unspecified atom stereocenters. The number of aliphatic hydroxyl groups is 2. The van der Waals surface area contributed by atoms with Gasteiger partial charge in [0, 0.05) is 6.42 Å². The van der Waals surface area contributed by atoms with Crippen LogP contribution in [0.15, 0.2) is 109 Å². The fourth-order valence-electron chi connectivity index (χ4n) is 7.46. The standard InChI is InChI=1S/C59H99NO5/c1-4-7-10-13-16-19-22-25-27-28-29-30-31-34-37-40-43-46-49-52-59(64)65-55(50-47-44-41-38-35-32-24-21-18-15-12-9-6-3)53-58(63)60-56(54-61)57(62)51-48-45-42-39-36-33-26-23-20-17-14-11-8-5-2/h7,9-10,12,15-16,18-19,21,24-25,27,29-30,34,37,43,46,55-57,61-62H,4-6,8,11,13-14,17,20,22-23,26,28,31-33,35-36,38-42,44-45,47-54H2,1-3H3,(H,60,63)/b10-7-,12-9+,18-15+,19-16-,24-21+,27-25-,30-29-,37-34-,46-43-. The maximum Gasteiger partial charge on any atom is 0.306 e. The van der Waals surface area contributed by atoms with Crippen molar-refractivity contribution in [1.29, 1.82) is 0 Å². The molecule has 1 amide bonds. The molecule has 370 valence electrons. The lowest BCUT2D eigenvalue weighted by Crippen LogP contribution is -2.46. The highest BCUT2D eigenvalue weighted by Gasteiger charge is 2.24. The second kappa shape index (κ2) is 51.5. The molecule has 0 saturated carbocycles. The number of amides is 1. The van der Waals surface area contributed by atoms with Crippen LogP contribution in [0.5, 0.6) is 0 Å². The van der Waals surface area contributed by atoms with Crippen molar-refractivity contribution in [3.05, 3.63) is 109 Å². The van der Waals surface area contributed by atoms with E-state index in [0.29, 0.717) is 19.3 Å². The predicted molar refractivity (Wildman–Crippen MR) is 282 cm³/mol. The van der Waals surface area contributed by atoms with Gasteiger partial charge in [-0.05, 0) is 83.5 Å². The second-order valence-electron chi connectivity index (χ2n) is 17.6. The molecule has 0 rings (SSSR count). The maximum absolute atomic E-state index is 13.2. The molecule has 3 atom stereocenters. The van der Waals surface area contributed by atoms with Gasteiger partial charge in [-0.25, -0.2) is 0 Å². The highest BCUT2D eigenvalue weighted by Crippen LogP contribution is 2.17. The average molecular weight is 902 g/mol. The summed E-state index contributed by atoms with van der Waals surface area (Å²) >= 11 is 0. The van der Waals surface area contributed by atoms with Gasteiger partial charge in [-0.1, -0.05) is 239 Å². The normalized spacial score (nSPS) is 14.1. The van der Waals surface area contributed by atoms with Crippen molar-refractivity contribution in [3.63, 3.8) is 0 Å². The van der Waals surface area contributed by atoms with Crippen molar-refractivity contribution in [2.75, 3.05) is 6.61 Å². The van der Waals surface area contributed by atoms with Crippen LogP contribution in [0.2, 0.25) is 0 Å². The quantitative estimate of drug-likeness (QED) is 0.0245. The summed E-state index contributed by atoms with van der Waals surface area (Å²) in [6, 6.07) is -0.730. The summed E-state index contributed by atoms with van der Waals surface area (Å²) < 4.78 is 5.89. The van der Waals surface area contributed by atoms with Crippen LogP contribution in [0, 0.1) is 0 Å². The zero-order chi connectivity index (χ0) is 47.4. The molecular weight excluding hydrogens is 803 g/mol. The predicted octanol–water partition coefficient (Wildman–Crippen LogP) is 16.3. The van der Waals surface area contributed by atoms with E-state index in [4.69, 9.17) is 4.74 Å². The molecule has 0 radical (unpaired) electrons. The largest absolute Gasteiger partial charge is 0.462 e. The number of allylic oxidation sites excluding steroid dienone is 18. The SMILES string of the molecule is CC/C=C\C/C=C\C/C=C\C/C=C\C/C=C\C/C=C\CCC(=O)OC(CCCCCCC/C=C/C=C/C=C/CC)CC(=O)NC(CO)C(O)CCCCCCCCCCCCCCCC. The Labute approximate surface area is 400 Å². The summed E-state index contributed by atoms with van der Waals surface area (Å²) in [4.78, 5) is 26.2. The highest BCUT2D eigenvalue weighted by molar-refractivity contribution is 5.77. The summed E-state index contributed by atoms with van der Waals surface area (Å²) in [5, 5.41) is 23.8. The van der Waals surface area contributed by atoms with E-state index in [1.807, 2.05) is 6.08 Å². The second-order valence-corrected chi connectivity index (χ2v) is 17.6. The Bertz CT molecular complexity index is 1330. The number of hydrogen-bond donors (Lipinski definition) is 3. The van der Waals surface area contributed by atoms with Gasteiger partial charge < -0.3 is 20.3 Å². The Morgan fingerprint density at radius 3 is 1.40 bits per heavy atom. The molecule has 0 aromatic heterocycles. The van der Waals surface area contributed by atoms with Crippen molar-refractivity contribution in [2.24, 2.45) is 0 Å². The van der Waals surface area contributed by atoms with Gasteiger partial charge >= 0.3 is 5.97 Å². The number of nitrogens with one attached hydrogen (secondary N) is 1. The summed E-state index contributed by atoms with van der Waals surface area (Å²) in [7, 11) is 0. The number of esters is 1. The molecule has 3 N–H and O–H groups in total. The molecule has 0 bridgehead atoms. The molecule has 0 fully saturated rings. The average Bonchev–Trinajstić information content (AvgIpc) is 3.30. The van der Waals surface area contributed by atoms with Crippen LogP contribution in [0.4, 0.5) is 0 Å². The van der Waals surface area contributed by atoms with Gasteiger partial charge in [-0.15, -0.1) is 0 Å². The maximum atomic E-state index is 13.2. The number of hydrogen-bond acceptors (Lipinski definition) is 5. The smallest absolute Gasteiger partial charge is 0.306 e. The van der Waals surface area contributed by atoms with E-state index in [9.17, 15) is 19.8 Å². The first-order valence-corrected chi connectivity index (χ1v) is 26.6. The molecule has 65 heavy (non-hydrogen) atoms. The number of unbranched alkanes of at least 4 members (excludes halogenated alkanes) is 18. The first kappa shape index (κ1) is 61.5. The van der Waals surface area contributed by atoms with Crippen LogP contribution in [0.1, 0.15) is 226 Å². The van der Waals surface area contributed by atoms with Crippen LogP contribution >= 0.6 is 0 Å². The van der Waals surface area contributed by atoms with Crippen LogP contribution in [0.3, 0.4) is 0 Å². The van der Waals surface area contributed by atoms with Crippen LogP contribution in [0.25, 0.3) is 0 Å². The van der Waals surface area contributed by atoms with E-state index < -0.39 is 18.2 Å².